The number of pyridine rings is 1. The first-order chi connectivity index (χ1) is 16.0. The number of nitrogen functional groups attached to an aromatic ring is 1. The molecule has 0 bridgehead atoms. The molecule has 0 radical (unpaired) electrons. The third-order valence-electron chi connectivity index (χ3n) is 8.50. The number of nitrogens with zero attached hydrogens (tertiary/aromatic N) is 4. The van der Waals surface area contributed by atoms with Crippen LogP contribution in [0.4, 0.5) is 5.82 Å². The van der Waals surface area contributed by atoms with Crippen LogP contribution in [0.2, 0.25) is 5.02 Å². The van der Waals surface area contributed by atoms with Crippen LogP contribution in [-0.4, -0.2) is 31.9 Å². The van der Waals surface area contributed by atoms with Gasteiger partial charge in [0.2, 0.25) is 0 Å². The second kappa shape index (κ2) is 6.92. The van der Waals surface area contributed by atoms with E-state index in [4.69, 9.17) is 33.0 Å². The van der Waals surface area contributed by atoms with Gasteiger partial charge in [0, 0.05) is 29.2 Å². The highest BCUT2D eigenvalue weighted by Crippen LogP contribution is 2.67. The molecule has 33 heavy (non-hydrogen) atoms. The lowest BCUT2D eigenvalue weighted by Crippen LogP contribution is -2.80. The van der Waals surface area contributed by atoms with Crippen molar-refractivity contribution < 1.29 is 0 Å². The summed E-state index contributed by atoms with van der Waals surface area (Å²) in [6.07, 6.45) is 11.3. The minimum atomic E-state index is 0.0709. The number of benzene rings is 1. The van der Waals surface area contributed by atoms with Gasteiger partial charge in [-0.2, -0.15) is 0 Å². The summed E-state index contributed by atoms with van der Waals surface area (Å²) in [5, 5.41) is 1.27. The predicted octanol–water partition coefficient (Wildman–Crippen LogP) is 4.34. The number of piperidine rings is 2. The summed E-state index contributed by atoms with van der Waals surface area (Å²) in [4.78, 5) is 17.1. The molecule has 4 aliphatic rings. The van der Waals surface area contributed by atoms with Gasteiger partial charge in [-0.15, -0.1) is 0 Å². The Bertz CT molecular complexity index is 1250. The first-order valence-electron chi connectivity index (χ1n) is 11.5. The molecule has 3 fully saturated rings. The second-order valence-electron chi connectivity index (χ2n) is 10.1. The smallest absolute Gasteiger partial charge is 0.143 e. The molecule has 0 saturated carbocycles. The fourth-order valence-corrected chi connectivity index (χ4v) is 8.19. The van der Waals surface area contributed by atoms with Gasteiger partial charge in [-0.1, -0.05) is 47.6 Å². The number of rotatable bonds is 3. The van der Waals surface area contributed by atoms with Crippen molar-refractivity contribution in [3.63, 3.8) is 0 Å². The van der Waals surface area contributed by atoms with E-state index in [1.807, 2.05) is 18.5 Å². The van der Waals surface area contributed by atoms with Gasteiger partial charge in [-0.05, 0) is 54.7 Å². The molecule has 4 N–H and O–H groups in total. The lowest BCUT2D eigenvalue weighted by molar-refractivity contribution is -0.253. The Labute approximate surface area is 202 Å². The fourth-order valence-electron chi connectivity index (χ4n) is 7.20. The molecule has 0 amide bonds. The lowest BCUT2D eigenvalue weighted by atomic mass is 9.52. The lowest BCUT2D eigenvalue weighted by Gasteiger charge is -2.74. The zero-order valence-corrected chi connectivity index (χ0v) is 19.7. The zero-order chi connectivity index (χ0) is 22.4. The number of fused-ring (bicyclic) bond motifs is 1. The van der Waals surface area contributed by atoms with E-state index in [2.05, 4.69) is 34.1 Å². The van der Waals surface area contributed by atoms with Crippen molar-refractivity contribution in [3.8, 4) is 0 Å². The van der Waals surface area contributed by atoms with E-state index in [1.54, 1.807) is 6.20 Å². The third kappa shape index (κ3) is 2.74. The van der Waals surface area contributed by atoms with E-state index in [-0.39, 0.29) is 17.0 Å². The van der Waals surface area contributed by atoms with Crippen LogP contribution in [0.3, 0.4) is 0 Å². The minimum Gasteiger partial charge on any atom is -0.382 e. The third-order valence-corrected chi connectivity index (χ3v) is 9.99. The van der Waals surface area contributed by atoms with E-state index >= 15 is 0 Å². The van der Waals surface area contributed by atoms with Crippen molar-refractivity contribution in [1.82, 2.24) is 19.9 Å². The molecule has 168 valence electrons. The Morgan fingerprint density at radius 1 is 1.00 bits per heavy atom. The maximum Gasteiger partial charge on any atom is 0.143 e. The number of halogens is 1. The van der Waals surface area contributed by atoms with E-state index in [0.29, 0.717) is 22.9 Å². The van der Waals surface area contributed by atoms with Crippen LogP contribution in [0.1, 0.15) is 48.5 Å². The number of aromatic nitrogens is 3. The Kier molecular flexibility index (Phi) is 4.24. The molecule has 2 aromatic heterocycles. The molecule has 3 saturated heterocycles. The molecule has 5 atom stereocenters. The largest absolute Gasteiger partial charge is 0.382 e. The first kappa shape index (κ1) is 20.2. The van der Waals surface area contributed by atoms with Crippen LogP contribution in [0.25, 0.3) is 0 Å². The van der Waals surface area contributed by atoms with Gasteiger partial charge >= 0.3 is 0 Å². The van der Waals surface area contributed by atoms with E-state index in [0.717, 1.165) is 34.9 Å². The van der Waals surface area contributed by atoms with Crippen molar-refractivity contribution >= 4 is 29.2 Å². The van der Waals surface area contributed by atoms with Crippen LogP contribution in [0.5, 0.6) is 0 Å². The summed E-state index contributed by atoms with van der Waals surface area (Å²) in [6.45, 7) is 0. The Morgan fingerprint density at radius 3 is 2.52 bits per heavy atom. The number of hydrogen-bond donors (Lipinski definition) is 2. The number of hydrogen-bond acceptors (Lipinski definition) is 7. The molecule has 7 rings (SSSR count). The summed E-state index contributed by atoms with van der Waals surface area (Å²) in [7, 11) is 0. The van der Waals surface area contributed by atoms with Crippen LogP contribution in [0, 0.1) is 5.41 Å². The van der Waals surface area contributed by atoms with Crippen molar-refractivity contribution in [1.29, 1.82) is 0 Å². The maximum atomic E-state index is 6.85. The summed E-state index contributed by atoms with van der Waals surface area (Å²) in [5.41, 5.74) is 16.9. The Balaban J connectivity index is 1.09. The minimum absolute atomic E-state index is 0.0709. The maximum absolute atomic E-state index is 6.85. The SMILES string of the molecule is Nc1nccc(Sc2cnc(C34C[C@@H]5C[C@]6(Cc7ccccc7[C@H]6N)C[C@H](C3)N54)cn2)c1Cl. The zero-order valence-electron chi connectivity index (χ0n) is 18.1. The van der Waals surface area contributed by atoms with Crippen LogP contribution in [0.15, 0.2) is 58.8 Å². The standard InChI is InChI=1S/C25H25ClN6S/c26-21-18(5-6-29-23(21)28)33-20-13-30-19(12-31-20)25-10-15-8-24(9-16(11-25)32(15)25)7-14-3-1-2-4-17(14)22(24)27/h1-6,12-13,15-16,22H,7-11,27H2,(H2,28,29)/t15-,16+,22-,24+,25?/m1/s1. The van der Waals surface area contributed by atoms with Crippen molar-refractivity contribution in [2.24, 2.45) is 11.1 Å². The number of nitrogens with two attached hydrogens (primary N) is 2. The predicted molar refractivity (Wildman–Crippen MR) is 129 cm³/mol. The van der Waals surface area contributed by atoms with Gasteiger partial charge in [0.05, 0.1) is 28.6 Å². The van der Waals surface area contributed by atoms with Gasteiger partial charge in [-0.25, -0.2) is 9.97 Å². The molecule has 3 aliphatic heterocycles. The molecule has 6 nitrogen and oxygen atoms in total. The summed E-state index contributed by atoms with van der Waals surface area (Å²) in [5.74, 6) is 0.333. The van der Waals surface area contributed by atoms with Crippen LogP contribution < -0.4 is 11.5 Å². The molecule has 5 heterocycles. The summed E-state index contributed by atoms with van der Waals surface area (Å²) < 4.78 is 0. The topological polar surface area (TPSA) is 93.9 Å². The van der Waals surface area contributed by atoms with Crippen molar-refractivity contribution in [2.45, 2.75) is 65.7 Å². The molecule has 1 aromatic carbocycles. The van der Waals surface area contributed by atoms with Gasteiger partial charge < -0.3 is 11.5 Å². The normalized spacial score (nSPS) is 33.8. The number of anilines is 1. The Morgan fingerprint density at radius 2 is 1.79 bits per heavy atom. The summed E-state index contributed by atoms with van der Waals surface area (Å²) >= 11 is 7.74. The van der Waals surface area contributed by atoms with Crippen molar-refractivity contribution in [2.75, 3.05) is 5.73 Å². The van der Waals surface area contributed by atoms with Gasteiger partial charge in [0.15, 0.2) is 0 Å². The van der Waals surface area contributed by atoms with Crippen LogP contribution >= 0.6 is 23.4 Å². The van der Waals surface area contributed by atoms with E-state index in [1.165, 1.54) is 35.7 Å². The van der Waals surface area contributed by atoms with Crippen molar-refractivity contribution in [3.05, 3.63) is 70.8 Å². The molecular weight excluding hydrogens is 452 g/mol. The molecular formula is C25H25ClN6S. The highest BCUT2D eigenvalue weighted by atomic mass is 35.5. The van der Waals surface area contributed by atoms with E-state index < -0.39 is 0 Å². The van der Waals surface area contributed by atoms with Gasteiger partial charge in [0.1, 0.15) is 10.8 Å². The molecule has 8 heteroatoms. The quantitative estimate of drug-likeness (QED) is 0.580. The van der Waals surface area contributed by atoms with Gasteiger partial charge in [-0.3, -0.25) is 9.88 Å². The van der Waals surface area contributed by atoms with E-state index in [9.17, 15) is 0 Å². The van der Waals surface area contributed by atoms with Gasteiger partial charge in [0.25, 0.3) is 0 Å². The highest BCUT2D eigenvalue weighted by molar-refractivity contribution is 7.99. The molecule has 3 aromatic rings. The van der Waals surface area contributed by atoms with Crippen LogP contribution in [-0.2, 0) is 12.0 Å². The second-order valence-corrected chi connectivity index (χ2v) is 11.6. The molecule has 1 aliphatic carbocycles. The Hall–Kier alpha value is -2.19. The fraction of sp³-hybridized carbons (Fsp3) is 0.400. The summed E-state index contributed by atoms with van der Waals surface area (Å²) in [6, 6.07) is 12.0. The monoisotopic (exact) mass is 476 g/mol. The molecule has 1 unspecified atom stereocenters. The average molecular weight is 477 g/mol. The first-order valence-corrected chi connectivity index (χ1v) is 12.7. The average Bonchev–Trinajstić information content (AvgIpc) is 3.06. The molecule has 1 spiro atoms. The highest BCUT2D eigenvalue weighted by Gasteiger charge is 2.70.